The van der Waals surface area contributed by atoms with Crippen molar-refractivity contribution in [2.45, 2.75) is 66.7 Å². The maximum absolute atomic E-state index is 12.7. The number of aromatic carboxylic acids is 1. The molecule has 0 bridgehead atoms. The summed E-state index contributed by atoms with van der Waals surface area (Å²) >= 11 is 12.5. The standard InChI is InChI=1S/C20H30Cl2N2O6/c1-7-29-14(25)11-23(19(28)30-20(4,5)6)10-13-15(18(26)27)16(21)17(22)24(13)9-8-12(2)3/h12H,7-11H2,1-6H3,(H,26,27). The minimum Gasteiger partial charge on any atom is -0.478 e. The molecule has 30 heavy (non-hydrogen) atoms. The highest BCUT2D eigenvalue weighted by Crippen LogP contribution is 2.34. The van der Waals surface area contributed by atoms with Gasteiger partial charge in [-0.05, 0) is 40.0 Å². The van der Waals surface area contributed by atoms with Crippen LogP contribution in [0.25, 0.3) is 0 Å². The van der Waals surface area contributed by atoms with Crippen LogP contribution in [0, 0.1) is 5.92 Å². The van der Waals surface area contributed by atoms with Gasteiger partial charge in [0, 0.05) is 6.54 Å². The number of carbonyl (C=O) groups is 3. The van der Waals surface area contributed by atoms with Crippen LogP contribution < -0.4 is 0 Å². The molecule has 1 aromatic rings. The van der Waals surface area contributed by atoms with Crippen LogP contribution in [-0.4, -0.2) is 51.4 Å². The van der Waals surface area contributed by atoms with E-state index in [9.17, 15) is 19.5 Å². The molecule has 1 N–H and O–H groups in total. The molecule has 0 aliphatic rings. The van der Waals surface area contributed by atoms with E-state index in [1.165, 1.54) is 0 Å². The summed E-state index contributed by atoms with van der Waals surface area (Å²) in [7, 11) is 0. The van der Waals surface area contributed by atoms with Crippen molar-refractivity contribution in [1.82, 2.24) is 9.47 Å². The van der Waals surface area contributed by atoms with Gasteiger partial charge in [0.1, 0.15) is 22.9 Å². The molecule has 0 aliphatic heterocycles. The van der Waals surface area contributed by atoms with E-state index in [0.29, 0.717) is 18.9 Å². The van der Waals surface area contributed by atoms with E-state index in [0.717, 1.165) is 4.90 Å². The summed E-state index contributed by atoms with van der Waals surface area (Å²) in [5.74, 6) is -1.59. The van der Waals surface area contributed by atoms with Gasteiger partial charge in [-0.2, -0.15) is 0 Å². The molecule has 10 heteroatoms. The van der Waals surface area contributed by atoms with Gasteiger partial charge in [0.15, 0.2) is 0 Å². The molecule has 0 saturated heterocycles. The summed E-state index contributed by atoms with van der Waals surface area (Å²) in [6.45, 7) is 10.7. The lowest BCUT2D eigenvalue weighted by atomic mass is 10.1. The Balaban J connectivity index is 3.40. The molecule has 0 atom stereocenters. The van der Waals surface area contributed by atoms with Gasteiger partial charge in [0.05, 0.1) is 23.9 Å². The first-order valence-electron chi connectivity index (χ1n) is 9.71. The van der Waals surface area contributed by atoms with E-state index >= 15 is 0 Å². The van der Waals surface area contributed by atoms with E-state index in [1.54, 1.807) is 32.3 Å². The van der Waals surface area contributed by atoms with Crippen molar-refractivity contribution in [3.63, 3.8) is 0 Å². The van der Waals surface area contributed by atoms with Crippen LogP contribution in [0.3, 0.4) is 0 Å². The fourth-order valence-electron chi connectivity index (χ4n) is 2.66. The third-order valence-corrected chi connectivity index (χ3v) is 4.87. The summed E-state index contributed by atoms with van der Waals surface area (Å²) in [6, 6.07) is 0. The van der Waals surface area contributed by atoms with Crippen molar-refractivity contribution in [2.24, 2.45) is 5.92 Å². The van der Waals surface area contributed by atoms with Crippen LogP contribution in [0.4, 0.5) is 4.79 Å². The highest BCUT2D eigenvalue weighted by atomic mass is 35.5. The average Bonchev–Trinajstić information content (AvgIpc) is 2.81. The molecule has 1 rings (SSSR count). The predicted molar refractivity (Wildman–Crippen MR) is 114 cm³/mol. The topological polar surface area (TPSA) is 98.1 Å². The molecule has 0 unspecified atom stereocenters. The first-order chi connectivity index (χ1) is 13.8. The Labute approximate surface area is 187 Å². The zero-order chi connectivity index (χ0) is 23.2. The third kappa shape index (κ3) is 7.40. The molecule has 1 aromatic heterocycles. The van der Waals surface area contributed by atoms with Crippen molar-refractivity contribution in [1.29, 1.82) is 0 Å². The molecule has 0 saturated carbocycles. The Hall–Kier alpha value is -1.93. The summed E-state index contributed by atoms with van der Waals surface area (Å²) in [4.78, 5) is 37.7. The van der Waals surface area contributed by atoms with Gasteiger partial charge in [-0.3, -0.25) is 9.69 Å². The number of esters is 1. The fraction of sp³-hybridized carbons (Fsp3) is 0.650. The smallest absolute Gasteiger partial charge is 0.411 e. The highest BCUT2D eigenvalue weighted by molar-refractivity contribution is 6.43. The molecule has 170 valence electrons. The van der Waals surface area contributed by atoms with Crippen molar-refractivity contribution in [3.8, 4) is 0 Å². The molecule has 0 fully saturated rings. The molecule has 8 nitrogen and oxygen atoms in total. The quantitative estimate of drug-likeness (QED) is 0.524. The number of hydrogen-bond acceptors (Lipinski definition) is 5. The Bertz CT molecular complexity index is 783. The Morgan fingerprint density at radius 1 is 1.20 bits per heavy atom. The van der Waals surface area contributed by atoms with Crippen molar-refractivity contribution in [3.05, 3.63) is 21.4 Å². The van der Waals surface area contributed by atoms with Crippen LogP contribution in [0.15, 0.2) is 0 Å². The number of carboxylic acid groups (broad SMARTS) is 1. The number of nitrogens with zero attached hydrogens (tertiary/aromatic N) is 2. The highest BCUT2D eigenvalue weighted by Gasteiger charge is 2.31. The Kier molecular flexibility index (Phi) is 9.49. The van der Waals surface area contributed by atoms with Gasteiger partial charge in [0.2, 0.25) is 0 Å². The van der Waals surface area contributed by atoms with Crippen LogP contribution in [-0.2, 0) is 27.4 Å². The van der Waals surface area contributed by atoms with Gasteiger partial charge < -0.3 is 19.1 Å². The van der Waals surface area contributed by atoms with Crippen LogP contribution in [0.5, 0.6) is 0 Å². The molecular formula is C20H30Cl2N2O6. The zero-order valence-electron chi connectivity index (χ0n) is 18.3. The Morgan fingerprint density at radius 3 is 2.27 bits per heavy atom. The number of carboxylic acids is 1. The number of halogens is 2. The first-order valence-corrected chi connectivity index (χ1v) is 10.5. The number of ether oxygens (including phenoxy) is 2. The maximum atomic E-state index is 12.7. The third-order valence-electron chi connectivity index (χ3n) is 4.01. The summed E-state index contributed by atoms with van der Waals surface area (Å²) in [5.41, 5.74) is -0.801. The normalized spacial score (nSPS) is 11.5. The van der Waals surface area contributed by atoms with E-state index < -0.39 is 30.2 Å². The first kappa shape index (κ1) is 26.1. The summed E-state index contributed by atoms with van der Waals surface area (Å²) in [5, 5.41) is 9.65. The lowest BCUT2D eigenvalue weighted by molar-refractivity contribution is -0.144. The molecular weight excluding hydrogens is 435 g/mol. The average molecular weight is 465 g/mol. The molecule has 0 aliphatic carbocycles. The number of amides is 1. The fourth-order valence-corrected chi connectivity index (χ4v) is 3.23. The SMILES string of the molecule is CCOC(=O)CN(Cc1c(C(=O)O)c(Cl)c(Cl)n1CCC(C)C)C(=O)OC(C)(C)C. The second-order valence-corrected chi connectivity index (χ2v) is 8.94. The summed E-state index contributed by atoms with van der Waals surface area (Å²) < 4.78 is 11.9. The van der Waals surface area contributed by atoms with E-state index in [4.69, 9.17) is 32.7 Å². The number of rotatable bonds is 9. The van der Waals surface area contributed by atoms with Gasteiger partial charge in [0.25, 0.3) is 0 Å². The Morgan fingerprint density at radius 2 is 1.80 bits per heavy atom. The number of carbonyl (C=O) groups excluding carboxylic acids is 2. The number of hydrogen-bond donors (Lipinski definition) is 1. The largest absolute Gasteiger partial charge is 0.478 e. The molecule has 1 amide bonds. The molecule has 1 heterocycles. The van der Waals surface area contributed by atoms with Crippen LogP contribution >= 0.6 is 23.2 Å². The molecule has 0 spiro atoms. The van der Waals surface area contributed by atoms with Gasteiger partial charge in [-0.25, -0.2) is 9.59 Å². The lowest BCUT2D eigenvalue weighted by Gasteiger charge is -2.27. The maximum Gasteiger partial charge on any atom is 0.411 e. The minimum atomic E-state index is -1.28. The molecule has 0 aromatic carbocycles. The lowest BCUT2D eigenvalue weighted by Crippen LogP contribution is -2.40. The number of aromatic nitrogens is 1. The van der Waals surface area contributed by atoms with E-state index in [-0.39, 0.29) is 34.6 Å². The van der Waals surface area contributed by atoms with Crippen molar-refractivity contribution < 1.29 is 29.0 Å². The minimum absolute atomic E-state index is 0.0741. The van der Waals surface area contributed by atoms with Crippen LogP contribution in [0.1, 0.15) is 64.0 Å². The van der Waals surface area contributed by atoms with Crippen molar-refractivity contribution in [2.75, 3.05) is 13.2 Å². The van der Waals surface area contributed by atoms with E-state index in [2.05, 4.69) is 0 Å². The van der Waals surface area contributed by atoms with Crippen molar-refractivity contribution >= 4 is 41.2 Å². The van der Waals surface area contributed by atoms with Gasteiger partial charge in [-0.15, -0.1) is 0 Å². The second-order valence-electron chi connectivity index (χ2n) is 8.21. The molecule has 0 radical (unpaired) electrons. The van der Waals surface area contributed by atoms with Gasteiger partial charge in [-0.1, -0.05) is 37.0 Å². The van der Waals surface area contributed by atoms with E-state index in [1.807, 2.05) is 13.8 Å². The van der Waals surface area contributed by atoms with Gasteiger partial charge >= 0.3 is 18.0 Å². The monoisotopic (exact) mass is 464 g/mol. The van der Waals surface area contributed by atoms with Crippen LogP contribution in [0.2, 0.25) is 10.2 Å². The predicted octanol–water partition coefficient (Wildman–Crippen LogP) is 4.84. The second kappa shape index (κ2) is 10.9. The summed E-state index contributed by atoms with van der Waals surface area (Å²) in [6.07, 6.45) is -0.0723. The zero-order valence-corrected chi connectivity index (χ0v) is 19.8.